The third-order valence-corrected chi connectivity index (χ3v) is 6.68. The van der Waals surface area contributed by atoms with E-state index in [2.05, 4.69) is 20.8 Å². The van der Waals surface area contributed by atoms with Gasteiger partial charge in [-0.25, -0.2) is 0 Å². The number of amides is 2. The summed E-state index contributed by atoms with van der Waals surface area (Å²) in [7, 11) is 0. The number of likely N-dealkylation sites (tertiary alicyclic amines) is 1. The topological polar surface area (TPSA) is 125 Å². The summed E-state index contributed by atoms with van der Waals surface area (Å²) in [6.07, 6.45) is 2.62. The molecule has 0 unspecified atom stereocenters. The van der Waals surface area contributed by atoms with Gasteiger partial charge < -0.3 is 24.2 Å². The van der Waals surface area contributed by atoms with Crippen molar-refractivity contribution < 1.29 is 23.6 Å². The first kappa shape index (κ1) is 24.3. The lowest BCUT2D eigenvalue weighted by Gasteiger charge is -2.20. The second-order valence-corrected chi connectivity index (χ2v) is 9.28. The molecule has 2 aliphatic heterocycles. The fourth-order valence-corrected chi connectivity index (χ4v) is 4.63. The Morgan fingerprint density at radius 1 is 1.31 bits per heavy atom. The summed E-state index contributed by atoms with van der Waals surface area (Å²) in [6.45, 7) is 5.41. The molecule has 12 heteroatoms. The van der Waals surface area contributed by atoms with Crippen molar-refractivity contribution in [2.24, 2.45) is 0 Å². The van der Waals surface area contributed by atoms with Gasteiger partial charge in [-0.1, -0.05) is 28.9 Å². The summed E-state index contributed by atoms with van der Waals surface area (Å²) < 4.78 is 19.0. The number of carbonyl (C=O) groups excluding carboxylic acids is 2. The highest BCUT2D eigenvalue weighted by atomic mass is 35.5. The van der Waals surface area contributed by atoms with Gasteiger partial charge in [-0.2, -0.15) is 0 Å². The van der Waals surface area contributed by atoms with Crippen LogP contribution in [0.15, 0.2) is 28.9 Å². The van der Waals surface area contributed by atoms with E-state index in [-0.39, 0.29) is 25.0 Å². The van der Waals surface area contributed by atoms with Gasteiger partial charge >= 0.3 is 0 Å². The zero-order chi connectivity index (χ0) is 25.2. The molecule has 2 aromatic heterocycles. The van der Waals surface area contributed by atoms with Crippen LogP contribution in [-0.2, 0) is 24.3 Å². The van der Waals surface area contributed by atoms with Crippen LogP contribution in [0.25, 0.3) is 0 Å². The van der Waals surface area contributed by atoms with E-state index in [4.69, 9.17) is 25.6 Å². The van der Waals surface area contributed by atoms with E-state index >= 15 is 0 Å². The average molecular weight is 515 g/mol. The van der Waals surface area contributed by atoms with Gasteiger partial charge in [-0.05, 0) is 31.5 Å². The van der Waals surface area contributed by atoms with E-state index in [9.17, 15) is 9.59 Å². The molecule has 2 amide bonds. The molecule has 1 N–H and O–H groups in total. The summed E-state index contributed by atoms with van der Waals surface area (Å²) in [4.78, 5) is 28.2. The summed E-state index contributed by atoms with van der Waals surface area (Å²) in [6, 6.07) is 4.45. The third kappa shape index (κ3) is 4.93. The Morgan fingerprint density at radius 3 is 3.00 bits per heavy atom. The van der Waals surface area contributed by atoms with Crippen LogP contribution in [0.4, 0.5) is 0 Å². The Morgan fingerprint density at radius 2 is 2.17 bits per heavy atom. The van der Waals surface area contributed by atoms with Gasteiger partial charge in [0.1, 0.15) is 22.8 Å². The minimum atomic E-state index is -0.454. The Kier molecular flexibility index (Phi) is 6.92. The minimum absolute atomic E-state index is 0.199. The van der Waals surface area contributed by atoms with E-state index in [1.807, 2.05) is 13.1 Å². The maximum absolute atomic E-state index is 13.4. The number of carbonyl (C=O) groups is 2. The second kappa shape index (κ2) is 10.3. The lowest BCUT2D eigenvalue weighted by Crippen LogP contribution is -2.44. The first-order valence-corrected chi connectivity index (χ1v) is 12.3. The fraction of sp³-hybridized carbons (Fsp3) is 0.458. The van der Waals surface area contributed by atoms with Crippen molar-refractivity contribution in [3.8, 4) is 5.75 Å². The van der Waals surface area contributed by atoms with E-state index in [0.29, 0.717) is 71.6 Å². The molecular weight excluding hydrogens is 488 g/mol. The average Bonchev–Trinajstić information content (AvgIpc) is 3.59. The molecular formula is C24H27ClN6O5. The Bertz CT molecular complexity index is 1270. The zero-order valence-corrected chi connectivity index (χ0v) is 20.8. The standard InChI is InChI=1S/C24H27ClN6O5/c1-3-18-22(14(2)36-28-18)24(33)30-11-19-21(12-30)35-13-16-10-31(29-27-16)7-4-8-34-20-9-15(23(32)26-19)5-6-17(20)25/h5-6,9-10,19,21H,3-4,7-8,11-13H2,1-2H3,(H,26,32)/t19-,21-/m0/s1. The number of aryl methyl sites for hydroxylation is 3. The molecule has 0 radical (unpaired) electrons. The molecule has 190 valence electrons. The van der Waals surface area contributed by atoms with Crippen molar-refractivity contribution in [2.45, 2.75) is 52.0 Å². The van der Waals surface area contributed by atoms with Gasteiger partial charge in [0.25, 0.3) is 11.8 Å². The Labute approximate surface area is 212 Å². The number of hydrogen-bond donors (Lipinski definition) is 1. The summed E-state index contributed by atoms with van der Waals surface area (Å²) in [5, 5.41) is 15.8. The van der Waals surface area contributed by atoms with Crippen molar-refractivity contribution in [1.29, 1.82) is 0 Å². The van der Waals surface area contributed by atoms with Gasteiger partial charge in [0.2, 0.25) is 0 Å². The number of rotatable bonds is 2. The van der Waals surface area contributed by atoms with Gasteiger partial charge in [-0.15, -0.1) is 5.10 Å². The summed E-state index contributed by atoms with van der Waals surface area (Å²) >= 11 is 6.28. The Balaban J connectivity index is 1.42. The summed E-state index contributed by atoms with van der Waals surface area (Å²) in [5.74, 6) is 0.396. The molecule has 2 atom stereocenters. The SMILES string of the molecule is CCc1noc(C)c1C(=O)N1C[C@@H]2NC(=O)c3ccc(Cl)c(c3)OCCCn3cc(nn3)CO[C@H]2C1. The minimum Gasteiger partial charge on any atom is -0.492 e. The molecule has 36 heavy (non-hydrogen) atoms. The first-order chi connectivity index (χ1) is 17.4. The quantitative estimate of drug-likeness (QED) is 0.552. The second-order valence-electron chi connectivity index (χ2n) is 8.87. The number of ether oxygens (including phenoxy) is 2. The highest BCUT2D eigenvalue weighted by Gasteiger charge is 2.39. The molecule has 2 aliphatic rings. The van der Waals surface area contributed by atoms with E-state index in [1.54, 1.807) is 34.7 Å². The van der Waals surface area contributed by atoms with E-state index < -0.39 is 12.1 Å². The van der Waals surface area contributed by atoms with Crippen LogP contribution < -0.4 is 10.1 Å². The van der Waals surface area contributed by atoms with Crippen LogP contribution in [0, 0.1) is 6.92 Å². The van der Waals surface area contributed by atoms with E-state index in [1.165, 1.54) is 0 Å². The molecule has 1 aromatic carbocycles. The monoisotopic (exact) mass is 514 g/mol. The molecule has 0 spiro atoms. The number of aromatic nitrogens is 4. The van der Waals surface area contributed by atoms with Crippen molar-refractivity contribution in [3.63, 3.8) is 0 Å². The van der Waals surface area contributed by atoms with Crippen molar-refractivity contribution in [3.05, 3.63) is 57.7 Å². The molecule has 11 nitrogen and oxygen atoms in total. The van der Waals surface area contributed by atoms with Crippen LogP contribution in [0.5, 0.6) is 5.75 Å². The van der Waals surface area contributed by atoms with Gasteiger partial charge in [0.15, 0.2) is 0 Å². The first-order valence-electron chi connectivity index (χ1n) is 11.9. The number of nitrogens with zero attached hydrogens (tertiary/aromatic N) is 5. The number of hydrogen-bond acceptors (Lipinski definition) is 8. The number of fused-ring (bicyclic) bond motifs is 5. The third-order valence-electron chi connectivity index (χ3n) is 6.37. The van der Waals surface area contributed by atoms with E-state index in [0.717, 1.165) is 0 Å². The molecule has 4 heterocycles. The van der Waals surface area contributed by atoms with Crippen LogP contribution in [0.3, 0.4) is 0 Å². The molecule has 1 fully saturated rings. The van der Waals surface area contributed by atoms with Gasteiger partial charge in [-0.3, -0.25) is 14.3 Å². The molecule has 3 aromatic rings. The Hall–Kier alpha value is -3.44. The van der Waals surface area contributed by atoms with Gasteiger partial charge in [0, 0.05) is 31.6 Å². The predicted octanol–water partition coefficient (Wildman–Crippen LogP) is 2.41. The molecule has 0 aliphatic carbocycles. The predicted molar refractivity (Wildman–Crippen MR) is 128 cm³/mol. The largest absolute Gasteiger partial charge is 0.492 e. The summed E-state index contributed by atoms with van der Waals surface area (Å²) in [5.41, 5.74) is 2.14. The van der Waals surface area contributed by atoms with Crippen LogP contribution in [-0.4, -0.2) is 68.7 Å². The number of nitrogens with one attached hydrogen (secondary N) is 1. The molecule has 0 saturated carbocycles. The van der Waals surface area contributed by atoms with Crippen molar-refractivity contribution >= 4 is 23.4 Å². The molecule has 5 rings (SSSR count). The van der Waals surface area contributed by atoms with Crippen molar-refractivity contribution in [1.82, 2.24) is 30.4 Å². The maximum atomic E-state index is 13.4. The van der Waals surface area contributed by atoms with Crippen LogP contribution >= 0.6 is 11.6 Å². The highest BCUT2D eigenvalue weighted by Crippen LogP contribution is 2.27. The smallest absolute Gasteiger partial charge is 0.259 e. The lowest BCUT2D eigenvalue weighted by molar-refractivity contribution is 0.0291. The normalized spacial score (nSPS) is 20.5. The van der Waals surface area contributed by atoms with Crippen molar-refractivity contribution in [2.75, 3.05) is 19.7 Å². The fourth-order valence-electron chi connectivity index (χ4n) is 4.46. The van der Waals surface area contributed by atoms with Crippen LogP contribution in [0.1, 0.15) is 51.2 Å². The van der Waals surface area contributed by atoms with Crippen LogP contribution in [0.2, 0.25) is 5.02 Å². The molecule has 4 bridgehead atoms. The highest BCUT2D eigenvalue weighted by molar-refractivity contribution is 6.32. The number of benzene rings is 1. The van der Waals surface area contributed by atoms with Gasteiger partial charge in [0.05, 0.1) is 42.3 Å². The molecule has 1 saturated heterocycles. The number of halogens is 1. The maximum Gasteiger partial charge on any atom is 0.259 e. The lowest BCUT2D eigenvalue weighted by atomic mass is 10.1. The zero-order valence-electron chi connectivity index (χ0n) is 20.1.